The third-order valence-electron chi connectivity index (χ3n) is 3.54. The minimum Gasteiger partial charge on any atom is -0.396 e. The highest BCUT2D eigenvalue weighted by Gasteiger charge is 2.28. The number of carbonyl (C=O) groups excluding carboxylic acids is 1. The van der Waals surface area contributed by atoms with Gasteiger partial charge in [0.05, 0.1) is 6.26 Å². The maximum Gasteiger partial charge on any atom is 0.223 e. The summed E-state index contributed by atoms with van der Waals surface area (Å²) in [5.74, 6) is 0.155. The number of nitrogens with zero attached hydrogens (tertiary/aromatic N) is 1. The Morgan fingerprint density at radius 3 is 2.47 bits per heavy atom. The second-order valence-corrected chi connectivity index (χ2v) is 7.28. The van der Waals surface area contributed by atoms with E-state index in [0.717, 1.165) is 0 Å². The SMILES string of the molecule is CC(CCO)CNC(=O)C1CCN(S(C)(=O)=O)CC1. The summed E-state index contributed by atoms with van der Waals surface area (Å²) >= 11 is 0. The van der Waals surface area contributed by atoms with Gasteiger partial charge in [0.1, 0.15) is 0 Å². The van der Waals surface area contributed by atoms with Crippen LogP contribution in [0.15, 0.2) is 0 Å². The zero-order valence-corrected chi connectivity index (χ0v) is 12.4. The summed E-state index contributed by atoms with van der Waals surface area (Å²) in [5.41, 5.74) is 0. The van der Waals surface area contributed by atoms with Crippen LogP contribution in [0.1, 0.15) is 26.2 Å². The monoisotopic (exact) mass is 292 g/mol. The van der Waals surface area contributed by atoms with Gasteiger partial charge < -0.3 is 10.4 Å². The number of carbonyl (C=O) groups is 1. The molecule has 0 bridgehead atoms. The Balaban J connectivity index is 2.33. The largest absolute Gasteiger partial charge is 0.396 e. The first-order valence-electron chi connectivity index (χ1n) is 6.68. The predicted octanol–water partition coefficient (Wildman–Crippen LogP) is -0.207. The molecule has 0 aromatic rings. The van der Waals surface area contributed by atoms with Crippen LogP contribution in [0.3, 0.4) is 0 Å². The molecule has 1 unspecified atom stereocenters. The van der Waals surface area contributed by atoms with Gasteiger partial charge >= 0.3 is 0 Å². The van der Waals surface area contributed by atoms with Gasteiger partial charge in [-0.15, -0.1) is 0 Å². The fourth-order valence-corrected chi connectivity index (χ4v) is 3.07. The van der Waals surface area contributed by atoms with Crippen molar-refractivity contribution in [2.45, 2.75) is 26.2 Å². The standard InChI is InChI=1S/C12H24N2O4S/c1-10(5-8-15)9-13-12(16)11-3-6-14(7-4-11)19(2,17)18/h10-11,15H,3-9H2,1-2H3,(H,13,16). The number of amides is 1. The van der Waals surface area contributed by atoms with E-state index >= 15 is 0 Å². The van der Waals surface area contributed by atoms with Crippen LogP contribution in [0.2, 0.25) is 0 Å². The van der Waals surface area contributed by atoms with Crippen LogP contribution in [-0.4, -0.2) is 56.2 Å². The molecule has 0 aliphatic carbocycles. The molecule has 1 saturated heterocycles. The molecule has 6 nitrogen and oxygen atoms in total. The second-order valence-electron chi connectivity index (χ2n) is 5.30. The van der Waals surface area contributed by atoms with Gasteiger partial charge in [0, 0.05) is 32.2 Å². The number of hydrogen-bond donors (Lipinski definition) is 2. The fraction of sp³-hybridized carbons (Fsp3) is 0.917. The van der Waals surface area contributed by atoms with Gasteiger partial charge in [-0.3, -0.25) is 4.79 Å². The topological polar surface area (TPSA) is 86.7 Å². The molecule has 1 amide bonds. The molecule has 0 aromatic carbocycles. The zero-order valence-electron chi connectivity index (χ0n) is 11.6. The van der Waals surface area contributed by atoms with E-state index in [0.29, 0.717) is 38.9 Å². The molecule has 1 aliphatic heterocycles. The fourth-order valence-electron chi connectivity index (χ4n) is 2.19. The van der Waals surface area contributed by atoms with E-state index in [2.05, 4.69) is 5.32 Å². The number of hydrogen-bond acceptors (Lipinski definition) is 4. The molecule has 0 spiro atoms. The second kappa shape index (κ2) is 7.21. The minimum absolute atomic E-state index is 0.00191. The molecular formula is C12H24N2O4S. The van der Waals surface area contributed by atoms with Gasteiger partial charge in [0.2, 0.25) is 15.9 Å². The van der Waals surface area contributed by atoms with Crippen LogP contribution >= 0.6 is 0 Å². The Labute approximate surface area is 115 Å². The van der Waals surface area contributed by atoms with Crippen LogP contribution in [0, 0.1) is 11.8 Å². The van der Waals surface area contributed by atoms with E-state index in [9.17, 15) is 13.2 Å². The van der Waals surface area contributed by atoms with E-state index in [4.69, 9.17) is 5.11 Å². The number of nitrogens with one attached hydrogen (secondary N) is 1. The maximum absolute atomic E-state index is 11.9. The number of aliphatic hydroxyl groups excluding tert-OH is 1. The number of sulfonamides is 1. The molecule has 0 aromatic heterocycles. The molecule has 1 fully saturated rings. The number of aliphatic hydroxyl groups is 1. The average Bonchev–Trinajstić information content (AvgIpc) is 2.35. The Hall–Kier alpha value is -0.660. The van der Waals surface area contributed by atoms with Gasteiger partial charge in [0.15, 0.2) is 0 Å². The normalized spacial score (nSPS) is 20.2. The van der Waals surface area contributed by atoms with Crippen LogP contribution < -0.4 is 5.32 Å². The van der Waals surface area contributed by atoms with Crippen molar-refractivity contribution in [3.63, 3.8) is 0 Å². The lowest BCUT2D eigenvalue weighted by Crippen LogP contribution is -2.43. The molecule has 0 radical (unpaired) electrons. The van der Waals surface area contributed by atoms with E-state index in [-0.39, 0.29) is 24.3 Å². The van der Waals surface area contributed by atoms with Crippen molar-refractivity contribution in [3.8, 4) is 0 Å². The average molecular weight is 292 g/mol. The number of rotatable bonds is 6. The zero-order chi connectivity index (χ0) is 14.5. The lowest BCUT2D eigenvalue weighted by atomic mass is 9.97. The molecule has 112 valence electrons. The minimum atomic E-state index is -3.13. The summed E-state index contributed by atoms with van der Waals surface area (Å²) in [5, 5.41) is 11.7. The molecule has 2 N–H and O–H groups in total. The molecular weight excluding hydrogens is 268 g/mol. The molecule has 7 heteroatoms. The van der Waals surface area contributed by atoms with E-state index < -0.39 is 10.0 Å². The van der Waals surface area contributed by atoms with Gasteiger partial charge in [-0.05, 0) is 25.2 Å². The third-order valence-corrected chi connectivity index (χ3v) is 4.84. The third kappa shape index (κ3) is 5.46. The van der Waals surface area contributed by atoms with Gasteiger partial charge in [0.25, 0.3) is 0 Å². The molecule has 1 rings (SSSR count). The summed E-state index contributed by atoms with van der Waals surface area (Å²) in [6, 6.07) is 0. The highest BCUT2D eigenvalue weighted by Crippen LogP contribution is 2.19. The Morgan fingerprint density at radius 1 is 1.42 bits per heavy atom. The summed E-state index contributed by atoms with van der Waals surface area (Å²) < 4.78 is 24.1. The summed E-state index contributed by atoms with van der Waals surface area (Å²) in [6.07, 6.45) is 3.03. The van der Waals surface area contributed by atoms with Crippen molar-refractivity contribution in [3.05, 3.63) is 0 Å². The summed E-state index contributed by atoms with van der Waals surface area (Å²) in [4.78, 5) is 11.9. The first-order valence-corrected chi connectivity index (χ1v) is 8.53. The first-order chi connectivity index (χ1) is 8.84. The summed E-state index contributed by atoms with van der Waals surface area (Å²) in [7, 11) is -3.13. The highest BCUT2D eigenvalue weighted by atomic mass is 32.2. The van der Waals surface area contributed by atoms with Crippen molar-refractivity contribution < 1.29 is 18.3 Å². The van der Waals surface area contributed by atoms with Gasteiger partial charge in [-0.25, -0.2) is 12.7 Å². The van der Waals surface area contributed by atoms with E-state index in [1.807, 2.05) is 6.92 Å². The van der Waals surface area contributed by atoms with Crippen LogP contribution in [0.25, 0.3) is 0 Å². The van der Waals surface area contributed by atoms with E-state index in [1.54, 1.807) is 0 Å². The lowest BCUT2D eigenvalue weighted by Gasteiger charge is -2.29. The quantitative estimate of drug-likeness (QED) is 0.709. The van der Waals surface area contributed by atoms with Crippen molar-refractivity contribution in [2.75, 3.05) is 32.5 Å². The molecule has 1 aliphatic rings. The number of piperidine rings is 1. The molecule has 1 heterocycles. The van der Waals surface area contributed by atoms with Crippen molar-refractivity contribution in [1.29, 1.82) is 0 Å². The smallest absolute Gasteiger partial charge is 0.223 e. The molecule has 0 saturated carbocycles. The lowest BCUT2D eigenvalue weighted by molar-refractivity contribution is -0.126. The van der Waals surface area contributed by atoms with Crippen molar-refractivity contribution in [2.24, 2.45) is 11.8 Å². The van der Waals surface area contributed by atoms with Crippen LogP contribution in [0.4, 0.5) is 0 Å². The summed E-state index contributed by atoms with van der Waals surface area (Å²) in [6.45, 7) is 3.50. The van der Waals surface area contributed by atoms with Crippen molar-refractivity contribution in [1.82, 2.24) is 9.62 Å². The Bertz CT molecular complexity index is 389. The Morgan fingerprint density at radius 2 is 2.00 bits per heavy atom. The Kier molecular flexibility index (Phi) is 6.22. The van der Waals surface area contributed by atoms with E-state index in [1.165, 1.54) is 10.6 Å². The van der Waals surface area contributed by atoms with Crippen LogP contribution in [-0.2, 0) is 14.8 Å². The first kappa shape index (κ1) is 16.4. The van der Waals surface area contributed by atoms with Crippen molar-refractivity contribution >= 4 is 15.9 Å². The van der Waals surface area contributed by atoms with Gasteiger partial charge in [-0.1, -0.05) is 6.92 Å². The molecule has 19 heavy (non-hydrogen) atoms. The van der Waals surface area contributed by atoms with Crippen LogP contribution in [0.5, 0.6) is 0 Å². The maximum atomic E-state index is 11.9. The predicted molar refractivity (Wildman–Crippen MR) is 73.0 cm³/mol. The highest BCUT2D eigenvalue weighted by molar-refractivity contribution is 7.88. The van der Waals surface area contributed by atoms with Gasteiger partial charge in [-0.2, -0.15) is 0 Å². The molecule has 1 atom stereocenters.